The summed E-state index contributed by atoms with van der Waals surface area (Å²) in [5.74, 6) is 0. The largest absolute Gasteiger partial charge is 0.305 e. The maximum atomic E-state index is 3.51. The average molecular weight is 322 g/mol. The molecule has 0 atom stereocenters. The van der Waals surface area contributed by atoms with Crippen LogP contribution in [0, 0.1) is 0 Å². The third-order valence-corrected chi connectivity index (χ3v) is 4.08. The number of hydrogen-bond acceptors (Lipinski definition) is 2. The lowest BCUT2D eigenvalue weighted by Gasteiger charge is -2.13. The lowest BCUT2D eigenvalue weighted by atomic mass is 10.2. The SMILES string of the molecule is CN(C)Cc1ccccc1Sc1cccc(Br)c1. The summed E-state index contributed by atoms with van der Waals surface area (Å²) in [6.45, 7) is 0.969. The predicted octanol–water partition coefficient (Wildman–Crippen LogP) is 4.66. The van der Waals surface area contributed by atoms with Gasteiger partial charge in [0.1, 0.15) is 0 Å². The summed E-state index contributed by atoms with van der Waals surface area (Å²) in [4.78, 5) is 4.78. The van der Waals surface area contributed by atoms with E-state index in [1.165, 1.54) is 15.4 Å². The second-order valence-corrected chi connectivity index (χ2v) is 6.44. The van der Waals surface area contributed by atoms with Gasteiger partial charge in [-0.2, -0.15) is 0 Å². The summed E-state index contributed by atoms with van der Waals surface area (Å²) in [5.41, 5.74) is 1.37. The van der Waals surface area contributed by atoms with Crippen molar-refractivity contribution in [1.82, 2.24) is 4.90 Å². The van der Waals surface area contributed by atoms with E-state index in [9.17, 15) is 0 Å². The Labute approximate surface area is 121 Å². The van der Waals surface area contributed by atoms with Crippen molar-refractivity contribution in [2.75, 3.05) is 14.1 Å². The fraction of sp³-hybridized carbons (Fsp3) is 0.200. The lowest BCUT2D eigenvalue weighted by Crippen LogP contribution is -2.11. The molecule has 0 radical (unpaired) electrons. The first-order chi connectivity index (χ1) is 8.65. The van der Waals surface area contributed by atoms with E-state index in [0.717, 1.165) is 11.0 Å². The third kappa shape index (κ3) is 3.87. The van der Waals surface area contributed by atoms with Crippen molar-refractivity contribution in [2.24, 2.45) is 0 Å². The normalized spacial score (nSPS) is 10.9. The Morgan fingerprint density at radius 1 is 1.06 bits per heavy atom. The standard InChI is InChI=1S/C15H16BrNS/c1-17(2)11-12-6-3-4-9-15(12)18-14-8-5-7-13(16)10-14/h3-10H,11H2,1-2H3. The van der Waals surface area contributed by atoms with Crippen LogP contribution in [0.4, 0.5) is 0 Å². The van der Waals surface area contributed by atoms with E-state index >= 15 is 0 Å². The van der Waals surface area contributed by atoms with Gasteiger partial charge in [-0.1, -0.05) is 52.0 Å². The average Bonchev–Trinajstić information content (AvgIpc) is 2.31. The van der Waals surface area contributed by atoms with E-state index < -0.39 is 0 Å². The molecular formula is C15H16BrNS. The van der Waals surface area contributed by atoms with Crippen molar-refractivity contribution in [3.05, 3.63) is 58.6 Å². The Morgan fingerprint density at radius 3 is 2.56 bits per heavy atom. The molecule has 3 heteroatoms. The van der Waals surface area contributed by atoms with Gasteiger partial charge in [0.05, 0.1) is 0 Å². The van der Waals surface area contributed by atoms with Crippen LogP contribution >= 0.6 is 27.7 Å². The Balaban J connectivity index is 2.23. The zero-order valence-electron chi connectivity index (χ0n) is 10.6. The van der Waals surface area contributed by atoms with Gasteiger partial charge in [0.25, 0.3) is 0 Å². The predicted molar refractivity (Wildman–Crippen MR) is 82.1 cm³/mol. The molecule has 0 amide bonds. The van der Waals surface area contributed by atoms with Gasteiger partial charge >= 0.3 is 0 Å². The molecule has 0 aromatic heterocycles. The molecule has 0 saturated carbocycles. The molecule has 0 bridgehead atoms. The van der Waals surface area contributed by atoms with E-state index in [4.69, 9.17) is 0 Å². The Morgan fingerprint density at radius 2 is 1.83 bits per heavy atom. The maximum absolute atomic E-state index is 3.51. The first-order valence-electron chi connectivity index (χ1n) is 5.81. The van der Waals surface area contributed by atoms with E-state index in [0.29, 0.717) is 0 Å². The van der Waals surface area contributed by atoms with Gasteiger partial charge < -0.3 is 4.90 Å². The third-order valence-electron chi connectivity index (χ3n) is 2.48. The molecule has 0 aliphatic heterocycles. The smallest absolute Gasteiger partial charge is 0.0238 e. The molecule has 2 aromatic rings. The van der Waals surface area contributed by atoms with Crippen LogP contribution in [0.5, 0.6) is 0 Å². The van der Waals surface area contributed by atoms with Crippen LogP contribution in [0.25, 0.3) is 0 Å². The summed E-state index contributed by atoms with van der Waals surface area (Å²) in [7, 11) is 4.20. The van der Waals surface area contributed by atoms with Gasteiger partial charge in [-0.05, 0) is 43.9 Å². The molecular weight excluding hydrogens is 306 g/mol. The molecule has 0 spiro atoms. The number of halogens is 1. The van der Waals surface area contributed by atoms with Crippen molar-refractivity contribution in [3.8, 4) is 0 Å². The highest BCUT2D eigenvalue weighted by atomic mass is 79.9. The summed E-state index contributed by atoms with van der Waals surface area (Å²) in [6.07, 6.45) is 0. The van der Waals surface area contributed by atoms with Crippen molar-refractivity contribution in [1.29, 1.82) is 0 Å². The summed E-state index contributed by atoms with van der Waals surface area (Å²) < 4.78 is 1.12. The highest BCUT2D eigenvalue weighted by molar-refractivity contribution is 9.10. The number of rotatable bonds is 4. The zero-order valence-corrected chi connectivity index (χ0v) is 13.0. The molecule has 0 N–H and O–H groups in total. The fourth-order valence-electron chi connectivity index (χ4n) is 1.73. The second kappa shape index (κ2) is 6.41. The van der Waals surface area contributed by atoms with E-state index in [1.807, 2.05) is 11.8 Å². The molecule has 0 fully saturated rings. The number of nitrogens with zero attached hydrogens (tertiary/aromatic N) is 1. The van der Waals surface area contributed by atoms with Crippen molar-refractivity contribution in [2.45, 2.75) is 16.3 Å². The molecule has 2 aromatic carbocycles. The van der Waals surface area contributed by atoms with Crippen molar-refractivity contribution < 1.29 is 0 Å². The zero-order chi connectivity index (χ0) is 13.0. The molecule has 0 aliphatic carbocycles. The van der Waals surface area contributed by atoms with Gasteiger partial charge in [-0.3, -0.25) is 0 Å². The molecule has 1 nitrogen and oxygen atoms in total. The van der Waals surface area contributed by atoms with Crippen LogP contribution in [-0.4, -0.2) is 19.0 Å². The summed E-state index contributed by atoms with van der Waals surface area (Å²) in [6, 6.07) is 17.0. The quantitative estimate of drug-likeness (QED) is 0.805. The lowest BCUT2D eigenvalue weighted by molar-refractivity contribution is 0.399. The molecule has 0 saturated heterocycles. The van der Waals surface area contributed by atoms with Crippen LogP contribution in [0.1, 0.15) is 5.56 Å². The first kappa shape index (κ1) is 13.7. The fourth-order valence-corrected chi connectivity index (χ4v) is 3.28. The molecule has 2 rings (SSSR count). The number of hydrogen-bond donors (Lipinski definition) is 0. The topological polar surface area (TPSA) is 3.24 Å². The summed E-state index contributed by atoms with van der Waals surface area (Å²) >= 11 is 5.33. The van der Waals surface area contributed by atoms with Crippen molar-refractivity contribution >= 4 is 27.7 Å². The Kier molecular flexibility index (Phi) is 4.87. The van der Waals surface area contributed by atoms with E-state index in [2.05, 4.69) is 83.5 Å². The van der Waals surface area contributed by atoms with Crippen LogP contribution < -0.4 is 0 Å². The second-order valence-electron chi connectivity index (χ2n) is 4.40. The minimum Gasteiger partial charge on any atom is -0.305 e. The Hall–Kier alpha value is -0.770. The molecule has 18 heavy (non-hydrogen) atoms. The van der Waals surface area contributed by atoms with Crippen LogP contribution in [0.15, 0.2) is 62.8 Å². The molecule has 0 heterocycles. The van der Waals surface area contributed by atoms with Gasteiger partial charge in [0.2, 0.25) is 0 Å². The van der Waals surface area contributed by atoms with E-state index in [-0.39, 0.29) is 0 Å². The van der Waals surface area contributed by atoms with Gasteiger partial charge in [0, 0.05) is 20.8 Å². The van der Waals surface area contributed by atoms with Gasteiger partial charge in [0.15, 0.2) is 0 Å². The monoisotopic (exact) mass is 321 g/mol. The molecule has 0 aliphatic rings. The highest BCUT2D eigenvalue weighted by Crippen LogP contribution is 2.32. The molecule has 94 valence electrons. The highest BCUT2D eigenvalue weighted by Gasteiger charge is 2.05. The summed E-state index contributed by atoms with van der Waals surface area (Å²) in [5, 5.41) is 0. The maximum Gasteiger partial charge on any atom is 0.0238 e. The van der Waals surface area contributed by atoms with Crippen LogP contribution in [0.2, 0.25) is 0 Å². The minimum absolute atomic E-state index is 0.969. The molecule has 0 unspecified atom stereocenters. The Bertz CT molecular complexity index is 525. The van der Waals surface area contributed by atoms with Crippen molar-refractivity contribution in [3.63, 3.8) is 0 Å². The van der Waals surface area contributed by atoms with E-state index in [1.54, 1.807) is 0 Å². The van der Waals surface area contributed by atoms with Crippen LogP contribution in [0.3, 0.4) is 0 Å². The minimum atomic E-state index is 0.969. The number of benzene rings is 2. The van der Waals surface area contributed by atoms with Gasteiger partial charge in [-0.15, -0.1) is 0 Å². The first-order valence-corrected chi connectivity index (χ1v) is 7.42. The van der Waals surface area contributed by atoms with Gasteiger partial charge in [-0.25, -0.2) is 0 Å². The van der Waals surface area contributed by atoms with Crippen LogP contribution in [-0.2, 0) is 6.54 Å².